The third kappa shape index (κ3) is 3.60. The summed E-state index contributed by atoms with van der Waals surface area (Å²) in [6.07, 6.45) is 3.73. The van der Waals surface area contributed by atoms with Crippen LogP contribution in [0.1, 0.15) is 11.1 Å². The van der Waals surface area contributed by atoms with Gasteiger partial charge in [0, 0.05) is 0 Å². The van der Waals surface area contributed by atoms with E-state index in [1.54, 1.807) is 19.2 Å². The van der Waals surface area contributed by atoms with Crippen LogP contribution in [-0.2, 0) is 0 Å². The Bertz CT molecular complexity index is 673. The largest absolute Gasteiger partial charge is 0.497 e. The van der Waals surface area contributed by atoms with Crippen LogP contribution in [0.15, 0.2) is 47.5 Å². The fraction of sp³-hybridized carbons (Fsp3) is 0.0625. The third-order valence-corrected chi connectivity index (χ3v) is 2.81. The maximum atomic E-state index is 13.6. The molecule has 0 amide bonds. The summed E-state index contributed by atoms with van der Waals surface area (Å²) in [5.41, 5.74) is 1.95. The summed E-state index contributed by atoms with van der Waals surface area (Å²) in [5, 5.41) is 2.15. The summed E-state index contributed by atoms with van der Waals surface area (Å²) >= 11 is 4.45. The normalized spacial score (nSPS) is 10.3. The minimum atomic E-state index is -0.417. The van der Waals surface area contributed by atoms with Gasteiger partial charge in [0.1, 0.15) is 17.3 Å². The molecule has 2 nitrogen and oxygen atoms in total. The van der Waals surface area contributed by atoms with Crippen molar-refractivity contribution in [3.05, 3.63) is 59.4 Å². The van der Waals surface area contributed by atoms with E-state index in [4.69, 9.17) is 4.74 Å². The summed E-state index contributed by atoms with van der Waals surface area (Å²) in [7, 11) is 1.62. The first-order valence-electron chi connectivity index (χ1n) is 5.92. The van der Waals surface area contributed by atoms with E-state index in [1.165, 1.54) is 6.07 Å². The van der Waals surface area contributed by atoms with Crippen molar-refractivity contribution in [2.24, 2.45) is 4.99 Å². The summed E-state index contributed by atoms with van der Waals surface area (Å²) < 4.78 is 18.7. The first-order chi connectivity index (χ1) is 9.72. The summed E-state index contributed by atoms with van der Waals surface area (Å²) in [5.74, 6) is 0.384. The lowest BCUT2D eigenvalue weighted by Crippen LogP contribution is -1.81. The second kappa shape index (κ2) is 6.75. The van der Waals surface area contributed by atoms with Crippen LogP contribution in [-0.4, -0.2) is 12.3 Å². The Balaban J connectivity index is 2.18. The molecule has 2 rings (SSSR count). The zero-order valence-corrected chi connectivity index (χ0v) is 11.7. The minimum absolute atomic E-state index is 0.196. The highest BCUT2D eigenvalue weighted by Crippen LogP contribution is 2.20. The average Bonchev–Trinajstić information content (AvgIpc) is 2.48. The molecule has 0 aliphatic carbocycles. The first-order valence-corrected chi connectivity index (χ1v) is 6.33. The summed E-state index contributed by atoms with van der Waals surface area (Å²) in [6.45, 7) is 0. The Morgan fingerprint density at radius 1 is 1.10 bits per heavy atom. The van der Waals surface area contributed by atoms with E-state index in [-0.39, 0.29) is 5.69 Å². The van der Waals surface area contributed by atoms with Crippen LogP contribution in [0, 0.1) is 5.82 Å². The van der Waals surface area contributed by atoms with Crippen molar-refractivity contribution >= 4 is 35.2 Å². The number of rotatable bonds is 4. The molecule has 0 radical (unpaired) electrons. The number of ether oxygens (including phenoxy) is 1. The fourth-order valence-electron chi connectivity index (χ4n) is 1.67. The van der Waals surface area contributed by atoms with Gasteiger partial charge in [0.05, 0.1) is 12.3 Å². The molecule has 0 saturated carbocycles. The molecule has 2 aromatic rings. The van der Waals surface area contributed by atoms with Crippen LogP contribution in [0.5, 0.6) is 5.75 Å². The van der Waals surface area contributed by atoms with E-state index >= 15 is 0 Å². The predicted octanol–water partition coefficient (Wildman–Crippen LogP) is 4.74. The standard InChI is InChI=1S/C16H12FNOS/c1-19-14-7-4-12(5-8-14)2-3-13-6-9-16(18-11-20)15(17)10-13/h2-10H,1H3/b3-2+. The number of thiocarbonyl (C=S) groups is 1. The van der Waals surface area contributed by atoms with Crippen molar-refractivity contribution < 1.29 is 9.13 Å². The number of nitrogens with zero attached hydrogens (tertiary/aromatic N) is 1. The summed E-state index contributed by atoms with van der Waals surface area (Å²) in [4.78, 5) is 3.64. The Kier molecular flexibility index (Phi) is 4.77. The Hall–Kier alpha value is -2.29. The zero-order chi connectivity index (χ0) is 14.4. The van der Waals surface area contributed by atoms with E-state index in [2.05, 4.69) is 22.4 Å². The second-order valence-corrected chi connectivity index (χ2v) is 4.20. The number of isothiocyanates is 1. The quantitative estimate of drug-likeness (QED) is 0.460. The van der Waals surface area contributed by atoms with Crippen molar-refractivity contribution in [3.63, 3.8) is 0 Å². The van der Waals surface area contributed by atoms with E-state index in [9.17, 15) is 4.39 Å². The molecular formula is C16H12FNOS. The van der Waals surface area contributed by atoms with Gasteiger partial charge in [0.15, 0.2) is 0 Å². The van der Waals surface area contributed by atoms with E-state index in [0.717, 1.165) is 16.9 Å². The molecule has 4 heteroatoms. The van der Waals surface area contributed by atoms with Gasteiger partial charge in [0.2, 0.25) is 0 Å². The van der Waals surface area contributed by atoms with E-state index in [1.807, 2.05) is 36.4 Å². The minimum Gasteiger partial charge on any atom is -0.497 e. The molecule has 0 aliphatic heterocycles. The third-order valence-electron chi connectivity index (χ3n) is 2.72. The van der Waals surface area contributed by atoms with E-state index < -0.39 is 5.82 Å². The number of aliphatic imine (C=N–C) groups is 1. The number of benzene rings is 2. The molecule has 20 heavy (non-hydrogen) atoms. The highest BCUT2D eigenvalue weighted by atomic mass is 32.1. The number of hydrogen-bond donors (Lipinski definition) is 0. The topological polar surface area (TPSA) is 21.6 Å². The molecule has 0 heterocycles. The van der Waals surface area contributed by atoms with Crippen LogP contribution in [0.4, 0.5) is 10.1 Å². The van der Waals surface area contributed by atoms with Gasteiger partial charge in [-0.1, -0.05) is 30.4 Å². The maximum absolute atomic E-state index is 13.6. The van der Waals surface area contributed by atoms with Gasteiger partial charge < -0.3 is 4.74 Å². The van der Waals surface area contributed by atoms with Gasteiger partial charge in [-0.3, -0.25) is 0 Å². The van der Waals surface area contributed by atoms with Gasteiger partial charge in [-0.15, -0.1) is 0 Å². The van der Waals surface area contributed by atoms with Gasteiger partial charge in [-0.2, -0.15) is 4.99 Å². The molecule has 100 valence electrons. The number of halogens is 1. The van der Waals surface area contributed by atoms with Gasteiger partial charge in [0.25, 0.3) is 0 Å². The lowest BCUT2D eigenvalue weighted by molar-refractivity contribution is 0.415. The van der Waals surface area contributed by atoms with Gasteiger partial charge in [-0.05, 0) is 47.6 Å². The van der Waals surface area contributed by atoms with E-state index in [0.29, 0.717) is 0 Å². The fourth-order valence-corrected chi connectivity index (χ4v) is 1.77. The molecular weight excluding hydrogens is 273 g/mol. The molecule has 0 aliphatic rings. The predicted molar refractivity (Wildman–Crippen MR) is 83.0 cm³/mol. The van der Waals surface area contributed by atoms with Gasteiger partial charge in [-0.25, -0.2) is 4.39 Å². The average molecular weight is 285 g/mol. The lowest BCUT2D eigenvalue weighted by atomic mass is 10.1. The SMILES string of the molecule is COc1ccc(/C=C/c2ccc(N=C=S)c(F)c2)cc1. The first kappa shape index (κ1) is 14.1. The highest BCUT2D eigenvalue weighted by Gasteiger charge is 2.00. The van der Waals surface area contributed by atoms with Crippen LogP contribution < -0.4 is 4.74 Å². The van der Waals surface area contributed by atoms with Crippen molar-refractivity contribution in [1.29, 1.82) is 0 Å². The molecule has 0 fully saturated rings. The van der Waals surface area contributed by atoms with Gasteiger partial charge >= 0.3 is 0 Å². The Morgan fingerprint density at radius 3 is 2.35 bits per heavy atom. The van der Waals surface area contributed by atoms with Crippen LogP contribution >= 0.6 is 12.2 Å². The molecule has 0 saturated heterocycles. The van der Waals surface area contributed by atoms with Crippen LogP contribution in [0.3, 0.4) is 0 Å². The number of methoxy groups -OCH3 is 1. The molecule has 0 N–H and O–H groups in total. The monoisotopic (exact) mass is 285 g/mol. The Morgan fingerprint density at radius 2 is 1.75 bits per heavy atom. The van der Waals surface area contributed by atoms with Crippen LogP contribution in [0.2, 0.25) is 0 Å². The lowest BCUT2D eigenvalue weighted by Gasteiger charge is -2.00. The highest BCUT2D eigenvalue weighted by molar-refractivity contribution is 7.78. The van der Waals surface area contributed by atoms with Crippen LogP contribution in [0.25, 0.3) is 12.2 Å². The molecule has 0 spiro atoms. The molecule has 0 aromatic heterocycles. The molecule has 0 bridgehead atoms. The maximum Gasteiger partial charge on any atom is 0.150 e. The van der Waals surface area contributed by atoms with Crippen molar-refractivity contribution in [2.75, 3.05) is 7.11 Å². The zero-order valence-electron chi connectivity index (χ0n) is 10.8. The second-order valence-electron chi connectivity index (χ2n) is 4.02. The van der Waals surface area contributed by atoms with Crippen molar-refractivity contribution in [1.82, 2.24) is 0 Å². The number of hydrogen-bond acceptors (Lipinski definition) is 3. The molecule has 2 aromatic carbocycles. The summed E-state index contributed by atoms with van der Waals surface area (Å²) in [6, 6.07) is 12.4. The molecule has 0 atom stereocenters. The molecule has 0 unspecified atom stereocenters. The van der Waals surface area contributed by atoms with Crippen molar-refractivity contribution in [3.8, 4) is 5.75 Å². The Labute approximate surface area is 122 Å². The smallest absolute Gasteiger partial charge is 0.150 e. The van der Waals surface area contributed by atoms with Crippen molar-refractivity contribution in [2.45, 2.75) is 0 Å².